The summed E-state index contributed by atoms with van der Waals surface area (Å²) in [6.07, 6.45) is 2.18. The topological polar surface area (TPSA) is 26.3 Å². The molecule has 3 aromatic carbocycles. The Morgan fingerprint density at radius 2 is 1.35 bits per heavy atom. The maximum Gasteiger partial charge on any atom is 0.315 e. The maximum atomic E-state index is 13.0. The van der Waals surface area contributed by atoms with Crippen LogP contribution in [0.4, 0.5) is 0 Å². The molecule has 0 bridgehead atoms. The Morgan fingerprint density at radius 1 is 0.765 bits per heavy atom. The van der Waals surface area contributed by atoms with Crippen molar-refractivity contribution in [2.24, 2.45) is 5.92 Å². The summed E-state index contributed by atoms with van der Waals surface area (Å²) in [4.78, 5) is 13.0. The molecule has 2 nitrogen and oxygen atoms in total. The van der Waals surface area contributed by atoms with Crippen LogP contribution in [0.3, 0.4) is 0 Å². The summed E-state index contributed by atoms with van der Waals surface area (Å²) in [6.45, 7) is 8.81. The Hall–Kier alpha value is -3.57. The van der Waals surface area contributed by atoms with Crippen LogP contribution < -0.4 is 0 Å². The van der Waals surface area contributed by atoms with E-state index in [0.29, 0.717) is 18.3 Å². The lowest BCUT2D eigenvalue weighted by Crippen LogP contribution is -2.30. The van der Waals surface area contributed by atoms with Gasteiger partial charge in [-0.2, -0.15) is 0 Å². The molecular weight excluding hydrogens is 416 g/mol. The van der Waals surface area contributed by atoms with Crippen molar-refractivity contribution in [2.75, 3.05) is 0 Å². The summed E-state index contributed by atoms with van der Waals surface area (Å²) in [7, 11) is 0. The van der Waals surface area contributed by atoms with E-state index in [2.05, 4.69) is 82.0 Å². The number of hydrogen-bond donors (Lipinski definition) is 0. The Balaban J connectivity index is 1.79. The van der Waals surface area contributed by atoms with Gasteiger partial charge in [-0.05, 0) is 40.5 Å². The lowest BCUT2D eigenvalue weighted by Gasteiger charge is -2.29. The number of carbonyl (C=O) groups excluding carboxylic acids is 1. The van der Waals surface area contributed by atoms with Crippen LogP contribution in [0.2, 0.25) is 0 Å². The third-order valence-electron chi connectivity index (χ3n) is 6.50. The van der Waals surface area contributed by atoms with Crippen LogP contribution in [0.15, 0.2) is 90.7 Å². The van der Waals surface area contributed by atoms with Gasteiger partial charge in [0.25, 0.3) is 0 Å². The standard InChI is InChI=1S/C32H32O2/c1-22(2)27-16-11-17-28(23(3)4)29(27)19-18-26-21-34-32(33)30(20-24-12-7-5-8-13-24)31(26)25-14-9-6-10-15-25/h5-17,21-23,30-31H,20H2,1-4H3/t30-,31+/m0/s1. The molecule has 4 rings (SSSR count). The molecule has 0 saturated heterocycles. The minimum absolute atomic E-state index is 0.149. The quantitative estimate of drug-likeness (QED) is 0.301. The number of esters is 1. The predicted molar refractivity (Wildman–Crippen MR) is 138 cm³/mol. The van der Waals surface area contributed by atoms with Crippen LogP contribution in [-0.4, -0.2) is 5.97 Å². The van der Waals surface area contributed by atoms with Gasteiger partial charge in [0, 0.05) is 17.1 Å². The molecule has 1 aliphatic heterocycles. The Bertz CT molecular complexity index is 1200. The first-order chi connectivity index (χ1) is 16.5. The maximum absolute atomic E-state index is 13.0. The van der Waals surface area contributed by atoms with Crippen LogP contribution in [0, 0.1) is 17.8 Å². The van der Waals surface area contributed by atoms with Gasteiger partial charge < -0.3 is 4.74 Å². The molecule has 0 spiro atoms. The first kappa shape index (κ1) is 23.6. The van der Waals surface area contributed by atoms with Gasteiger partial charge in [-0.1, -0.05) is 118 Å². The molecule has 0 radical (unpaired) electrons. The summed E-state index contributed by atoms with van der Waals surface area (Å²) in [5.74, 6) is 7.02. The number of carbonyl (C=O) groups is 1. The fourth-order valence-electron chi connectivity index (χ4n) is 4.71. The van der Waals surface area contributed by atoms with E-state index in [4.69, 9.17) is 4.74 Å². The average Bonchev–Trinajstić information content (AvgIpc) is 2.85. The van der Waals surface area contributed by atoms with Crippen molar-refractivity contribution in [3.63, 3.8) is 0 Å². The fourth-order valence-corrected chi connectivity index (χ4v) is 4.71. The van der Waals surface area contributed by atoms with E-state index in [1.54, 1.807) is 6.26 Å². The summed E-state index contributed by atoms with van der Waals surface area (Å²) in [5, 5.41) is 0. The second kappa shape index (κ2) is 10.6. The highest BCUT2D eigenvalue weighted by atomic mass is 16.5. The number of allylic oxidation sites excluding steroid dienone is 1. The Kier molecular flexibility index (Phi) is 7.33. The van der Waals surface area contributed by atoms with Gasteiger partial charge in [0.1, 0.15) is 6.26 Å². The molecule has 172 valence electrons. The van der Waals surface area contributed by atoms with Crippen LogP contribution in [-0.2, 0) is 16.0 Å². The van der Waals surface area contributed by atoms with Crippen molar-refractivity contribution in [3.05, 3.63) is 119 Å². The van der Waals surface area contributed by atoms with Gasteiger partial charge in [0.05, 0.1) is 5.92 Å². The SMILES string of the molecule is CC(C)c1cccc(C(C)C)c1C#CC1=COC(=O)[C@@H](Cc2ccccc2)[C@@H]1c1ccccc1. The number of hydrogen-bond acceptors (Lipinski definition) is 2. The third kappa shape index (κ3) is 5.15. The predicted octanol–water partition coefficient (Wildman–Crippen LogP) is 7.37. The Morgan fingerprint density at radius 3 is 1.94 bits per heavy atom. The van der Waals surface area contributed by atoms with Gasteiger partial charge in [-0.3, -0.25) is 4.79 Å². The second-order valence-corrected chi connectivity index (χ2v) is 9.57. The van der Waals surface area contributed by atoms with E-state index in [-0.39, 0.29) is 17.8 Å². The van der Waals surface area contributed by atoms with Crippen LogP contribution in [0.25, 0.3) is 0 Å². The zero-order valence-electron chi connectivity index (χ0n) is 20.4. The number of rotatable bonds is 5. The van der Waals surface area contributed by atoms with Crippen molar-refractivity contribution in [1.82, 2.24) is 0 Å². The highest BCUT2D eigenvalue weighted by molar-refractivity contribution is 5.78. The smallest absolute Gasteiger partial charge is 0.315 e. The molecule has 2 atom stereocenters. The normalized spacial score (nSPS) is 17.7. The Labute approximate surface area is 203 Å². The molecule has 0 amide bonds. The minimum Gasteiger partial charge on any atom is -0.433 e. The fraction of sp³-hybridized carbons (Fsp3) is 0.281. The summed E-state index contributed by atoms with van der Waals surface area (Å²) in [6, 6.07) is 26.8. The lowest BCUT2D eigenvalue weighted by molar-refractivity contribution is -0.144. The van der Waals surface area contributed by atoms with Gasteiger partial charge in [-0.15, -0.1) is 0 Å². The molecule has 0 fully saturated rings. The van der Waals surface area contributed by atoms with Gasteiger partial charge in [-0.25, -0.2) is 0 Å². The number of ether oxygens (including phenoxy) is 1. The third-order valence-corrected chi connectivity index (χ3v) is 6.50. The van der Waals surface area contributed by atoms with Crippen molar-refractivity contribution in [1.29, 1.82) is 0 Å². The van der Waals surface area contributed by atoms with E-state index < -0.39 is 0 Å². The molecule has 3 aromatic rings. The monoisotopic (exact) mass is 448 g/mol. The average molecular weight is 449 g/mol. The number of benzene rings is 3. The zero-order chi connectivity index (χ0) is 24.1. The summed E-state index contributed by atoms with van der Waals surface area (Å²) in [5.41, 5.74) is 6.65. The molecule has 0 aliphatic carbocycles. The van der Waals surface area contributed by atoms with Crippen molar-refractivity contribution in [3.8, 4) is 11.8 Å². The zero-order valence-corrected chi connectivity index (χ0v) is 20.4. The molecule has 0 saturated carbocycles. The first-order valence-electron chi connectivity index (χ1n) is 12.1. The van der Waals surface area contributed by atoms with E-state index >= 15 is 0 Å². The molecule has 1 heterocycles. The molecule has 0 unspecified atom stereocenters. The van der Waals surface area contributed by atoms with Crippen molar-refractivity contribution >= 4 is 5.97 Å². The van der Waals surface area contributed by atoms with Crippen LogP contribution >= 0.6 is 0 Å². The molecular formula is C32H32O2. The van der Waals surface area contributed by atoms with Crippen molar-refractivity contribution < 1.29 is 9.53 Å². The molecule has 0 N–H and O–H groups in total. The van der Waals surface area contributed by atoms with Gasteiger partial charge >= 0.3 is 5.97 Å². The van der Waals surface area contributed by atoms with Gasteiger partial charge in [0.15, 0.2) is 0 Å². The van der Waals surface area contributed by atoms with E-state index in [0.717, 1.165) is 22.3 Å². The minimum atomic E-state index is -0.330. The van der Waals surface area contributed by atoms with E-state index in [1.165, 1.54) is 11.1 Å². The molecule has 1 aliphatic rings. The summed E-state index contributed by atoms with van der Waals surface area (Å²) >= 11 is 0. The molecule has 34 heavy (non-hydrogen) atoms. The lowest BCUT2D eigenvalue weighted by atomic mass is 9.76. The number of cyclic esters (lactones) is 1. The molecule has 2 heteroatoms. The van der Waals surface area contributed by atoms with E-state index in [1.807, 2.05) is 36.4 Å². The highest BCUT2D eigenvalue weighted by Crippen LogP contribution is 2.38. The van der Waals surface area contributed by atoms with Crippen LogP contribution in [0.1, 0.15) is 73.3 Å². The molecule has 0 aromatic heterocycles. The van der Waals surface area contributed by atoms with Crippen LogP contribution in [0.5, 0.6) is 0 Å². The van der Waals surface area contributed by atoms with Gasteiger partial charge in [0.2, 0.25) is 0 Å². The summed E-state index contributed by atoms with van der Waals surface area (Å²) < 4.78 is 5.57. The van der Waals surface area contributed by atoms with Crippen molar-refractivity contribution in [2.45, 2.75) is 51.9 Å². The van der Waals surface area contributed by atoms with E-state index in [9.17, 15) is 4.79 Å². The second-order valence-electron chi connectivity index (χ2n) is 9.57. The largest absolute Gasteiger partial charge is 0.433 e. The highest BCUT2D eigenvalue weighted by Gasteiger charge is 2.36. The first-order valence-corrected chi connectivity index (χ1v) is 12.1.